The molecule has 0 heterocycles. The molecule has 0 bridgehead atoms. The summed E-state index contributed by atoms with van der Waals surface area (Å²) in [5.41, 5.74) is -0.232. The van der Waals surface area contributed by atoms with Crippen molar-refractivity contribution in [3.05, 3.63) is 0 Å². The second kappa shape index (κ2) is 8.06. The van der Waals surface area contributed by atoms with Crippen LogP contribution in [-0.4, -0.2) is 24.1 Å². The van der Waals surface area contributed by atoms with Gasteiger partial charge in [-0.25, -0.2) is 0 Å². The number of ether oxygens (including phenoxy) is 1. The Morgan fingerprint density at radius 2 is 1.87 bits per heavy atom. The molecule has 8 atom stereocenters. The molecule has 0 aromatic heterocycles. The van der Waals surface area contributed by atoms with Crippen molar-refractivity contribution in [3.8, 4) is 0 Å². The molecule has 0 radical (unpaired) electrons. The van der Waals surface area contributed by atoms with Gasteiger partial charge in [-0.1, -0.05) is 33.6 Å². The summed E-state index contributed by atoms with van der Waals surface area (Å²) < 4.78 is 5.10. The first-order chi connectivity index (χ1) is 14.2. The summed E-state index contributed by atoms with van der Waals surface area (Å²) in [5.74, 6) is 2.29. The highest BCUT2D eigenvalue weighted by Gasteiger charge is 2.65. The van der Waals surface area contributed by atoms with E-state index in [4.69, 9.17) is 4.74 Å². The van der Waals surface area contributed by atoms with Gasteiger partial charge in [-0.3, -0.25) is 14.4 Å². The van der Waals surface area contributed by atoms with Crippen molar-refractivity contribution in [2.45, 2.75) is 91.9 Å². The first-order valence-electron chi connectivity index (χ1n) is 12.4. The number of fused-ring (bicyclic) bond motifs is 5. The Morgan fingerprint density at radius 1 is 1.10 bits per heavy atom. The number of esters is 1. The quantitative estimate of drug-likeness (QED) is 0.565. The molecule has 0 saturated heterocycles. The van der Waals surface area contributed by atoms with Gasteiger partial charge in [0.05, 0.1) is 6.61 Å². The average Bonchev–Trinajstić information content (AvgIpc) is 3.06. The van der Waals surface area contributed by atoms with Gasteiger partial charge in [0.15, 0.2) is 0 Å². The van der Waals surface area contributed by atoms with Crippen LogP contribution in [0.3, 0.4) is 0 Å². The molecule has 4 nitrogen and oxygen atoms in total. The van der Waals surface area contributed by atoms with Gasteiger partial charge >= 0.3 is 5.97 Å². The van der Waals surface area contributed by atoms with Crippen molar-refractivity contribution >= 4 is 17.5 Å². The van der Waals surface area contributed by atoms with E-state index in [1.54, 1.807) is 0 Å². The van der Waals surface area contributed by atoms with Gasteiger partial charge in [0.25, 0.3) is 0 Å². The van der Waals surface area contributed by atoms with Crippen LogP contribution in [0.15, 0.2) is 0 Å². The van der Waals surface area contributed by atoms with Crippen LogP contribution < -0.4 is 0 Å². The van der Waals surface area contributed by atoms with E-state index in [-0.39, 0.29) is 35.1 Å². The summed E-state index contributed by atoms with van der Waals surface area (Å²) in [6, 6.07) is 0. The van der Waals surface area contributed by atoms with E-state index < -0.39 is 5.41 Å². The highest BCUT2D eigenvalue weighted by atomic mass is 16.5. The Balaban J connectivity index is 1.56. The standard InChI is InChI=1S/C26H40O4/c1-5-30-23(29)12-9-16(2)18-10-11-19-24-20(15-22(28)26(18,19)4)25(3)13-7-6-8-17(25)14-21(24)27/h16-20,24H,5-15H2,1-4H3. The zero-order valence-corrected chi connectivity index (χ0v) is 19.4. The van der Waals surface area contributed by atoms with Crippen LogP contribution in [-0.2, 0) is 19.1 Å². The molecule has 168 valence electrons. The maximum Gasteiger partial charge on any atom is 0.305 e. The lowest BCUT2D eigenvalue weighted by Gasteiger charge is -2.59. The van der Waals surface area contributed by atoms with Gasteiger partial charge in [-0.2, -0.15) is 0 Å². The van der Waals surface area contributed by atoms with Crippen LogP contribution in [0.5, 0.6) is 0 Å². The topological polar surface area (TPSA) is 60.4 Å². The maximum absolute atomic E-state index is 13.7. The number of hydrogen-bond acceptors (Lipinski definition) is 4. The molecule has 4 saturated carbocycles. The number of ketones is 2. The summed E-state index contributed by atoms with van der Waals surface area (Å²) in [7, 11) is 0. The fraction of sp³-hybridized carbons (Fsp3) is 0.885. The lowest BCUT2D eigenvalue weighted by Crippen LogP contribution is -2.59. The van der Waals surface area contributed by atoms with Crippen LogP contribution in [0.25, 0.3) is 0 Å². The third kappa shape index (κ3) is 3.28. The molecule has 4 fully saturated rings. The summed E-state index contributed by atoms with van der Waals surface area (Å²) in [6.45, 7) is 9.00. The molecular formula is C26H40O4. The molecule has 4 rings (SSSR count). The highest BCUT2D eigenvalue weighted by molar-refractivity contribution is 5.92. The summed E-state index contributed by atoms with van der Waals surface area (Å²) in [5, 5.41) is 0. The maximum atomic E-state index is 13.7. The minimum atomic E-state index is -0.400. The Morgan fingerprint density at radius 3 is 2.60 bits per heavy atom. The highest BCUT2D eigenvalue weighted by Crippen LogP contribution is 2.66. The van der Waals surface area contributed by atoms with Crippen LogP contribution >= 0.6 is 0 Å². The number of carbonyl (C=O) groups is 3. The van der Waals surface area contributed by atoms with E-state index in [1.165, 1.54) is 19.3 Å². The van der Waals surface area contributed by atoms with Crippen molar-refractivity contribution in [2.75, 3.05) is 6.61 Å². The molecule has 0 aromatic carbocycles. The number of rotatable bonds is 5. The fourth-order valence-corrected chi connectivity index (χ4v) is 8.41. The van der Waals surface area contributed by atoms with Gasteiger partial charge in [-0.15, -0.1) is 0 Å². The van der Waals surface area contributed by atoms with Crippen molar-refractivity contribution in [2.24, 2.45) is 46.3 Å². The molecule has 0 aromatic rings. The minimum Gasteiger partial charge on any atom is -0.466 e. The third-order valence-corrected chi connectivity index (χ3v) is 10.1. The Bertz CT molecular complexity index is 714. The first-order valence-corrected chi connectivity index (χ1v) is 12.4. The van der Waals surface area contributed by atoms with Gasteiger partial charge in [-0.05, 0) is 74.0 Å². The molecule has 0 amide bonds. The fourth-order valence-electron chi connectivity index (χ4n) is 8.41. The second-order valence-electron chi connectivity index (χ2n) is 11.3. The van der Waals surface area contributed by atoms with Gasteiger partial charge in [0.2, 0.25) is 0 Å². The second-order valence-corrected chi connectivity index (χ2v) is 11.3. The lowest BCUT2D eigenvalue weighted by atomic mass is 9.44. The number of Topliss-reactive ketones (excluding diaryl/α,β-unsaturated/α-hetero) is 2. The molecule has 0 N–H and O–H groups in total. The smallest absolute Gasteiger partial charge is 0.305 e. The third-order valence-electron chi connectivity index (χ3n) is 10.1. The molecule has 8 unspecified atom stereocenters. The Kier molecular flexibility index (Phi) is 5.91. The van der Waals surface area contributed by atoms with Crippen LogP contribution in [0.2, 0.25) is 0 Å². The van der Waals surface area contributed by atoms with E-state index >= 15 is 0 Å². The van der Waals surface area contributed by atoms with Crippen molar-refractivity contribution in [1.29, 1.82) is 0 Å². The van der Waals surface area contributed by atoms with Crippen molar-refractivity contribution < 1.29 is 19.1 Å². The lowest BCUT2D eigenvalue weighted by molar-refractivity contribution is -0.165. The van der Waals surface area contributed by atoms with Crippen LogP contribution in [0, 0.1) is 46.3 Å². The largest absolute Gasteiger partial charge is 0.466 e. The minimum absolute atomic E-state index is 0.0781. The molecule has 4 aliphatic rings. The molecular weight excluding hydrogens is 376 g/mol. The van der Waals surface area contributed by atoms with E-state index in [9.17, 15) is 14.4 Å². The zero-order valence-electron chi connectivity index (χ0n) is 19.4. The Labute approximate surface area is 181 Å². The van der Waals surface area contributed by atoms with Crippen molar-refractivity contribution in [3.63, 3.8) is 0 Å². The summed E-state index contributed by atoms with van der Waals surface area (Å²) >= 11 is 0. The predicted octanol–water partition coefficient (Wildman–Crippen LogP) is 5.37. The van der Waals surface area contributed by atoms with E-state index in [0.29, 0.717) is 42.9 Å². The van der Waals surface area contributed by atoms with Crippen LogP contribution in [0.4, 0.5) is 0 Å². The SMILES string of the molecule is CCOC(=O)CCC(C)C1CCC2C3C(=O)CC4CCCCC4(C)C3CC(=O)C12C. The molecule has 0 aliphatic heterocycles. The molecule has 0 spiro atoms. The molecule has 4 aliphatic carbocycles. The zero-order chi connectivity index (χ0) is 21.7. The normalized spacial score (nSPS) is 44.1. The van der Waals surface area contributed by atoms with E-state index in [0.717, 1.165) is 32.1 Å². The molecule has 30 heavy (non-hydrogen) atoms. The van der Waals surface area contributed by atoms with Gasteiger partial charge < -0.3 is 4.74 Å². The first kappa shape index (κ1) is 22.0. The van der Waals surface area contributed by atoms with Gasteiger partial charge in [0, 0.05) is 30.6 Å². The van der Waals surface area contributed by atoms with E-state index in [2.05, 4.69) is 20.8 Å². The molecule has 4 heteroatoms. The van der Waals surface area contributed by atoms with E-state index in [1.807, 2.05) is 6.92 Å². The summed E-state index contributed by atoms with van der Waals surface area (Å²) in [6.07, 6.45) is 9.34. The Hall–Kier alpha value is -1.19. The van der Waals surface area contributed by atoms with Crippen LogP contribution in [0.1, 0.15) is 91.9 Å². The number of hydrogen-bond donors (Lipinski definition) is 0. The average molecular weight is 417 g/mol. The monoisotopic (exact) mass is 416 g/mol. The van der Waals surface area contributed by atoms with Crippen molar-refractivity contribution in [1.82, 2.24) is 0 Å². The predicted molar refractivity (Wildman–Crippen MR) is 116 cm³/mol. The van der Waals surface area contributed by atoms with Gasteiger partial charge in [0.1, 0.15) is 11.6 Å². The summed E-state index contributed by atoms with van der Waals surface area (Å²) in [4.78, 5) is 39.0. The number of carbonyl (C=O) groups excluding carboxylic acids is 3.